The zero-order valence-corrected chi connectivity index (χ0v) is 24.6. The molecule has 2 saturated heterocycles. The number of anilines is 1. The van der Waals surface area contributed by atoms with Crippen molar-refractivity contribution in [3.05, 3.63) is 64.3 Å². The van der Waals surface area contributed by atoms with Gasteiger partial charge in [-0.15, -0.1) is 0 Å². The summed E-state index contributed by atoms with van der Waals surface area (Å²) in [4.78, 5) is 27.8. The number of hydrogen-bond donors (Lipinski definition) is 1. The Morgan fingerprint density at radius 1 is 1.00 bits per heavy atom. The fourth-order valence-corrected chi connectivity index (χ4v) is 5.75. The van der Waals surface area contributed by atoms with Crippen molar-refractivity contribution in [2.24, 2.45) is 5.92 Å². The minimum Gasteiger partial charge on any atom is -0.437 e. The molecular weight excluding hydrogens is 547 g/mol. The summed E-state index contributed by atoms with van der Waals surface area (Å²) in [5.74, 6) is 2.64. The molecule has 0 radical (unpaired) electrons. The lowest BCUT2D eigenvalue weighted by Gasteiger charge is -2.33. The first kappa shape index (κ1) is 28.6. The number of nitrogens with zero attached hydrogens (tertiary/aromatic N) is 5. The molecule has 0 spiro atoms. The Kier molecular flexibility index (Phi) is 9.42. The Balaban J connectivity index is 1.32. The summed E-state index contributed by atoms with van der Waals surface area (Å²) < 4.78 is 6.24. The molecule has 40 heavy (non-hydrogen) atoms. The topological polar surface area (TPSA) is 73.8 Å². The van der Waals surface area contributed by atoms with Crippen molar-refractivity contribution in [2.45, 2.75) is 26.3 Å². The van der Waals surface area contributed by atoms with Gasteiger partial charge in [-0.05, 0) is 80.9 Å². The monoisotopic (exact) mass is 582 g/mol. The number of carbonyl (C=O) groups is 1. The number of piperazine rings is 1. The number of hydrogen-bond acceptors (Lipinski definition) is 7. The second-order valence-corrected chi connectivity index (χ2v) is 11.6. The molecule has 8 nitrogen and oxygen atoms in total. The van der Waals surface area contributed by atoms with Gasteiger partial charge in [0.2, 0.25) is 11.8 Å². The Labute approximate surface area is 246 Å². The summed E-state index contributed by atoms with van der Waals surface area (Å²) in [6.07, 6.45) is 3.87. The summed E-state index contributed by atoms with van der Waals surface area (Å²) in [5, 5.41) is 4.07. The molecule has 0 aliphatic carbocycles. The Morgan fingerprint density at radius 3 is 2.38 bits per heavy atom. The molecule has 3 aromatic rings. The maximum atomic E-state index is 11.3. The molecule has 0 unspecified atom stereocenters. The van der Waals surface area contributed by atoms with E-state index in [1.165, 1.54) is 0 Å². The number of likely N-dealkylation sites (tertiary alicyclic amines) is 1. The minimum absolute atomic E-state index is 0.0320. The van der Waals surface area contributed by atoms with Gasteiger partial charge in [-0.3, -0.25) is 9.69 Å². The third kappa shape index (κ3) is 7.85. The van der Waals surface area contributed by atoms with Gasteiger partial charge >= 0.3 is 0 Å². The highest BCUT2D eigenvalue weighted by Crippen LogP contribution is 2.31. The van der Waals surface area contributed by atoms with E-state index in [4.69, 9.17) is 32.9 Å². The lowest BCUT2D eigenvalue weighted by molar-refractivity contribution is -0.119. The smallest absolute Gasteiger partial charge is 0.220 e. The molecule has 1 N–H and O–H groups in total. The van der Waals surface area contributed by atoms with E-state index in [1.807, 2.05) is 30.3 Å². The number of piperidine rings is 1. The second-order valence-electron chi connectivity index (χ2n) is 10.8. The van der Waals surface area contributed by atoms with Crippen LogP contribution in [-0.4, -0.2) is 78.5 Å². The minimum atomic E-state index is 0.0320. The number of likely N-dealkylation sites (N-methyl/N-ethyl adjacent to an activating group) is 1. The first-order chi connectivity index (χ1) is 19.3. The highest BCUT2D eigenvalue weighted by Gasteiger charge is 2.21. The van der Waals surface area contributed by atoms with E-state index in [0.717, 1.165) is 87.8 Å². The molecule has 212 valence electrons. The Morgan fingerprint density at radius 2 is 1.73 bits per heavy atom. The number of pyridine rings is 2. The van der Waals surface area contributed by atoms with E-state index in [-0.39, 0.29) is 5.91 Å². The maximum Gasteiger partial charge on any atom is 0.220 e. The SMILES string of the molecule is CC(=O)NCC1CCN(Cc2cc(Oc3ccc(N4CCN(C)CC4)nc3)nc(-c3cc(Cl)cc(Cl)c3)c2)CC1. The number of benzene rings is 1. The normalized spacial score (nSPS) is 17.1. The molecule has 0 bridgehead atoms. The van der Waals surface area contributed by atoms with Crippen molar-refractivity contribution in [3.8, 4) is 22.9 Å². The van der Waals surface area contributed by atoms with Crippen LogP contribution in [0, 0.1) is 5.92 Å². The first-order valence-electron chi connectivity index (χ1n) is 13.8. The van der Waals surface area contributed by atoms with Crippen molar-refractivity contribution in [3.63, 3.8) is 0 Å². The predicted octanol–water partition coefficient (Wildman–Crippen LogP) is 5.34. The van der Waals surface area contributed by atoms with Gasteiger partial charge in [0.05, 0.1) is 11.9 Å². The number of nitrogens with one attached hydrogen (secondary N) is 1. The van der Waals surface area contributed by atoms with Crippen LogP contribution >= 0.6 is 23.2 Å². The number of halogens is 2. The molecule has 2 fully saturated rings. The van der Waals surface area contributed by atoms with Crippen LogP contribution < -0.4 is 15.0 Å². The first-order valence-corrected chi connectivity index (χ1v) is 14.6. The van der Waals surface area contributed by atoms with Crippen LogP contribution in [0.2, 0.25) is 10.0 Å². The zero-order valence-electron chi connectivity index (χ0n) is 23.1. The van der Waals surface area contributed by atoms with Crippen LogP contribution in [0.5, 0.6) is 11.6 Å². The number of amides is 1. The fraction of sp³-hybridized carbons (Fsp3) is 0.433. The quantitative estimate of drug-likeness (QED) is 0.384. The summed E-state index contributed by atoms with van der Waals surface area (Å²) in [6, 6.07) is 13.5. The molecule has 0 saturated carbocycles. The molecule has 0 atom stereocenters. The summed E-state index contributed by atoms with van der Waals surface area (Å²) in [7, 11) is 2.14. The molecule has 2 aromatic heterocycles. The number of aromatic nitrogens is 2. The van der Waals surface area contributed by atoms with Gasteiger partial charge in [0.25, 0.3) is 0 Å². The number of ether oxygens (including phenoxy) is 1. The van der Waals surface area contributed by atoms with Gasteiger partial charge in [-0.25, -0.2) is 9.97 Å². The highest BCUT2D eigenvalue weighted by molar-refractivity contribution is 6.35. The molecule has 10 heteroatoms. The summed E-state index contributed by atoms with van der Waals surface area (Å²) in [5.41, 5.74) is 2.68. The third-order valence-electron chi connectivity index (χ3n) is 7.54. The van der Waals surface area contributed by atoms with Crippen molar-refractivity contribution >= 4 is 34.9 Å². The van der Waals surface area contributed by atoms with E-state index < -0.39 is 0 Å². The van der Waals surface area contributed by atoms with Gasteiger partial charge in [0, 0.05) is 67.9 Å². The van der Waals surface area contributed by atoms with Gasteiger partial charge < -0.3 is 19.9 Å². The van der Waals surface area contributed by atoms with Crippen molar-refractivity contribution in [1.82, 2.24) is 25.1 Å². The van der Waals surface area contributed by atoms with E-state index in [0.29, 0.717) is 27.6 Å². The molecule has 1 aromatic carbocycles. The van der Waals surface area contributed by atoms with Crippen LogP contribution in [0.25, 0.3) is 11.3 Å². The molecule has 5 rings (SSSR count). The number of rotatable bonds is 8. The lowest BCUT2D eigenvalue weighted by atomic mass is 9.96. The van der Waals surface area contributed by atoms with Crippen LogP contribution in [0.3, 0.4) is 0 Å². The van der Waals surface area contributed by atoms with Crippen LogP contribution in [0.1, 0.15) is 25.3 Å². The molecule has 4 heterocycles. The van der Waals surface area contributed by atoms with Crippen LogP contribution in [0.15, 0.2) is 48.7 Å². The largest absolute Gasteiger partial charge is 0.437 e. The summed E-state index contributed by atoms with van der Waals surface area (Å²) in [6.45, 7) is 9.01. The standard InChI is InChI=1S/C30H36Cl2N6O2/c1-21(39)33-18-22-5-7-37(8-6-22)20-23-13-28(24-15-25(31)17-26(32)16-24)35-30(14-23)40-27-3-4-29(34-19-27)38-11-9-36(2)10-12-38/h3-4,13-17,19,22H,5-12,18,20H2,1-2H3,(H,33,39). The van der Waals surface area contributed by atoms with Crippen LogP contribution in [0.4, 0.5) is 5.82 Å². The molecular formula is C30H36Cl2N6O2. The third-order valence-corrected chi connectivity index (χ3v) is 7.98. The predicted molar refractivity (Wildman–Crippen MR) is 160 cm³/mol. The maximum absolute atomic E-state index is 11.3. The molecule has 2 aliphatic rings. The van der Waals surface area contributed by atoms with Crippen molar-refractivity contribution in [1.29, 1.82) is 0 Å². The fourth-order valence-electron chi connectivity index (χ4n) is 5.22. The van der Waals surface area contributed by atoms with Gasteiger partial charge in [-0.1, -0.05) is 23.2 Å². The number of carbonyl (C=O) groups excluding carboxylic acids is 1. The van der Waals surface area contributed by atoms with E-state index in [9.17, 15) is 4.79 Å². The van der Waals surface area contributed by atoms with Gasteiger partial charge in [0.1, 0.15) is 11.6 Å². The Bertz CT molecular complexity index is 1290. The zero-order chi connectivity index (χ0) is 28.1. The highest BCUT2D eigenvalue weighted by atomic mass is 35.5. The Hall–Kier alpha value is -2.91. The van der Waals surface area contributed by atoms with Gasteiger partial charge in [0.15, 0.2) is 0 Å². The molecule has 1 amide bonds. The van der Waals surface area contributed by atoms with E-state index in [1.54, 1.807) is 19.2 Å². The van der Waals surface area contributed by atoms with E-state index in [2.05, 4.69) is 38.1 Å². The average molecular weight is 584 g/mol. The summed E-state index contributed by atoms with van der Waals surface area (Å²) >= 11 is 12.6. The van der Waals surface area contributed by atoms with Crippen LogP contribution in [-0.2, 0) is 11.3 Å². The molecule has 2 aliphatic heterocycles. The lowest BCUT2D eigenvalue weighted by Crippen LogP contribution is -2.44. The van der Waals surface area contributed by atoms with Crippen molar-refractivity contribution in [2.75, 3.05) is 57.8 Å². The van der Waals surface area contributed by atoms with Crippen molar-refractivity contribution < 1.29 is 9.53 Å². The average Bonchev–Trinajstić information content (AvgIpc) is 2.93. The second kappa shape index (κ2) is 13.2. The van der Waals surface area contributed by atoms with Gasteiger partial charge in [-0.2, -0.15) is 0 Å². The van der Waals surface area contributed by atoms with E-state index >= 15 is 0 Å².